The molecule has 20 heteroatoms. The highest BCUT2D eigenvalue weighted by molar-refractivity contribution is 7.89. The minimum absolute atomic E-state index is 0.0396. The van der Waals surface area contributed by atoms with Gasteiger partial charge in [0, 0.05) is 68.6 Å². The molecule has 62 heavy (non-hydrogen) atoms. The number of carboxylic acid groups (broad SMARTS) is 1. The van der Waals surface area contributed by atoms with Gasteiger partial charge in [-0.1, -0.05) is 0 Å². The molecule has 0 bridgehead atoms. The maximum absolute atomic E-state index is 13.2. The second kappa shape index (κ2) is 19.3. The monoisotopic (exact) mass is 890 g/mol. The third-order valence-corrected chi connectivity index (χ3v) is 14.7. The predicted molar refractivity (Wildman–Crippen MR) is 224 cm³/mol. The van der Waals surface area contributed by atoms with Gasteiger partial charge in [0.25, 0.3) is 0 Å². The number of aliphatic carboxylic acids is 1. The molecule has 0 saturated carbocycles. The summed E-state index contributed by atoms with van der Waals surface area (Å²) in [6.07, 6.45) is 6.61. The number of fused-ring (bicyclic) bond motifs is 6. The number of likely N-dealkylation sites (N-methyl/N-ethyl adjacent to an activating group) is 2. The molecule has 0 aliphatic carbocycles. The van der Waals surface area contributed by atoms with Crippen LogP contribution in [0.15, 0.2) is 101 Å². The van der Waals surface area contributed by atoms with E-state index in [4.69, 9.17) is 5.53 Å². The van der Waals surface area contributed by atoms with Gasteiger partial charge in [-0.25, -0.2) is 30.4 Å². The van der Waals surface area contributed by atoms with Gasteiger partial charge in [0.2, 0.25) is 20.0 Å². The van der Waals surface area contributed by atoms with Crippen molar-refractivity contribution in [1.29, 1.82) is 0 Å². The largest absolute Gasteiger partial charge is 0.481 e. The van der Waals surface area contributed by atoms with Crippen molar-refractivity contribution in [2.45, 2.75) is 74.0 Å². The zero-order chi connectivity index (χ0) is 44.8. The van der Waals surface area contributed by atoms with Gasteiger partial charge in [0.1, 0.15) is 11.6 Å². The smallest absolute Gasteiger partial charge is 0.413 e. The van der Waals surface area contributed by atoms with Crippen LogP contribution in [0.25, 0.3) is 27.6 Å². The number of rotatable bonds is 10. The molecule has 4 aromatic heterocycles. The summed E-state index contributed by atoms with van der Waals surface area (Å²) < 4.78 is 89.1. The summed E-state index contributed by atoms with van der Waals surface area (Å²) in [6, 6.07) is 18.9. The van der Waals surface area contributed by atoms with Crippen LogP contribution in [-0.2, 0) is 66.7 Å². The van der Waals surface area contributed by atoms with Gasteiger partial charge in [-0.2, -0.15) is 13.4 Å². The number of carboxylic acids is 1. The van der Waals surface area contributed by atoms with Crippen molar-refractivity contribution in [3.05, 3.63) is 125 Å². The predicted octanol–water partition coefficient (Wildman–Crippen LogP) is 5.10. The molecular formula is C42H44F2N8O8S2. The topological polar surface area (TPSA) is 210 Å². The van der Waals surface area contributed by atoms with Gasteiger partial charge < -0.3 is 24.5 Å². The molecule has 2 aromatic carbocycles. The number of carbonyl (C=O) groups excluding carboxylic acids is 1. The van der Waals surface area contributed by atoms with Crippen molar-refractivity contribution in [2.24, 2.45) is 0 Å². The number of carbonyl (C=O) groups is 2. The van der Waals surface area contributed by atoms with Gasteiger partial charge in [-0.3, -0.25) is 14.8 Å². The SMILES string of the molecule is CCOC(=O)C=[N+]=[N-].CN(C1CCc2c(CC(=O)O)c3ncccc3n2C1)S(=O)(=O)c1ccc(F)cc1.CN(C1CCc2cc3ncccc3n2C1)S(=O)(=O)c1ccc(F)cc1. The van der Waals surface area contributed by atoms with Crippen molar-refractivity contribution in [2.75, 3.05) is 20.7 Å². The van der Waals surface area contributed by atoms with Crippen LogP contribution in [0.5, 0.6) is 0 Å². The molecule has 2 aliphatic heterocycles. The Kier molecular flexibility index (Phi) is 14.1. The fraction of sp³-hybridized carbons (Fsp3) is 0.310. The number of aryl methyl sites for hydroxylation is 1. The van der Waals surface area contributed by atoms with E-state index < -0.39 is 43.6 Å². The van der Waals surface area contributed by atoms with E-state index in [1.54, 1.807) is 32.4 Å². The highest BCUT2D eigenvalue weighted by atomic mass is 32.2. The Labute approximate surface area is 356 Å². The van der Waals surface area contributed by atoms with E-state index in [-0.39, 0.29) is 28.3 Å². The van der Waals surface area contributed by atoms with E-state index in [0.717, 1.165) is 47.2 Å². The highest BCUT2D eigenvalue weighted by Gasteiger charge is 2.34. The van der Waals surface area contributed by atoms with E-state index in [2.05, 4.69) is 30.1 Å². The van der Waals surface area contributed by atoms with Crippen LogP contribution in [-0.4, -0.2) is 105 Å². The summed E-state index contributed by atoms with van der Waals surface area (Å²) in [5, 5.41) is 9.29. The fourth-order valence-electron chi connectivity index (χ4n) is 7.67. The highest BCUT2D eigenvalue weighted by Crippen LogP contribution is 2.33. The number of esters is 1. The average Bonchev–Trinajstić information content (AvgIpc) is 3.78. The first-order valence-electron chi connectivity index (χ1n) is 19.5. The van der Waals surface area contributed by atoms with Crippen LogP contribution in [0.2, 0.25) is 0 Å². The lowest BCUT2D eigenvalue weighted by molar-refractivity contribution is -0.138. The van der Waals surface area contributed by atoms with Gasteiger partial charge in [0.15, 0.2) is 0 Å². The first-order valence-corrected chi connectivity index (χ1v) is 22.4. The number of pyridine rings is 2. The first-order chi connectivity index (χ1) is 29.6. The molecular weight excluding hydrogens is 847 g/mol. The third kappa shape index (κ3) is 9.79. The zero-order valence-electron chi connectivity index (χ0n) is 34.0. The molecule has 6 aromatic rings. The van der Waals surface area contributed by atoms with Gasteiger partial charge in [-0.05, 0) is 111 Å². The molecule has 326 valence electrons. The van der Waals surface area contributed by atoms with Gasteiger partial charge >= 0.3 is 18.2 Å². The van der Waals surface area contributed by atoms with Crippen LogP contribution in [0.3, 0.4) is 0 Å². The number of hydrogen-bond donors (Lipinski definition) is 1. The van der Waals surface area contributed by atoms with E-state index in [0.29, 0.717) is 49.8 Å². The second-order valence-corrected chi connectivity index (χ2v) is 18.5. The lowest BCUT2D eigenvalue weighted by Crippen LogP contribution is -2.42. The molecule has 6 heterocycles. The average molecular weight is 891 g/mol. The summed E-state index contributed by atoms with van der Waals surface area (Å²) in [5.74, 6) is -2.50. The van der Waals surface area contributed by atoms with Crippen LogP contribution >= 0.6 is 0 Å². The zero-order valence-corrected chi connectivity index (χ0v) is 35.6. The van der Waals surface area contributed by atoms with Crippen LogP contribution in [0, 0.1) is 11.6 Å². The number of nitrogens with zero attached hydrogens (tertiary/aromatic N) is 8. The third-order valence-electron chi connectivity index (χ3n) is 10.8. The van der Waals surface area contributed by atoms with E-state index in [9.17, 15) is 40.3 Å². The van der Waals surface area contributed by atoms with Crippen LogP contribution < -0.4 is 0 Å². The molecule has 2 atom stereocenters. The molecule has 16 nitrogen and oxygen atoms in total. The molecule has 2 aliphatic rings. The summed E-state index contributed by atoms with van der Waals surface area (Å²) in [7, 11) is -4.32. The number of hydrogen-bond acceptors (Lipinski definition) is 9. The lowest BCUT2D eigenvalue weighted by atomic mass is 10.0. The molecule has 0 fully saturated rings. The Hall–Kier alpha value is -6.18. The Balaban J connectivity index is 0.000000178. The molecule has 1 N–H and O–H groups in total. The fourth-order valence-corrected chi connectivity index (χ4v) is 10.4. The number of halogens is 2. The van der Waals surface area contributed by atoms with Gasteiger partial charge in [0.05, 0.1) is 44.9 Å². The summed E-state index contributed by atoms with van der Waals surface area (Å²) in [5.41, 5.74) is 13.9. The van der Waals surface area contributed by atoms with Crippen molar-refractivity contribution in [3.63, 3.8) is 0 Å². The van der Waals surface area contributed by atoms with Crippen LogP contribution in [0.1, 0.15) is 36.7 Å². The number of sulfonamides is 2. The summed E-state index contributed by atoms with van der Waals surface area (Å²) >= 11 is 0. The van der Waals surface area contributed by atoms with Crippen molar-refractivity contribution in [3.8, 4) is 0 Å². The summed E-state index contributed by atoms with van der Waals surface area (Å²) in [6.45, 7) is 2.95. The van der Waals surface area contributed by atoms with E-state index in [1.165, 1.54) is 57.8 Å². The summed E-state index contributed by atoms with van der Waals surface area (Å²) in [4.78, 5) is 32.8. The molecule has 0 amide bonds. The minimum Gasteiger partial charge on any atom is -0.481 e. The number of ether oxygens (including phenoxy) is 1. The van der Waals surface area contributed by atoms with Gasteiger partial charge in [-0.15, -0.1) is 0 Å². The lowest BCUT2D eigenvalue weighted by Gasteiger charge is -2.32. The molecule has 0 radical (unpaired) electrons. The Morgan fingerprint density at radius 2 is 1.37 bits per heavy atom. The number of benzene rings is 2. The van der Waals surface area contributed by atoms with Crippen molar-refractivity contribution in [1.82, 2.24) is 27.7 Å². The molecule has 0 saturated heterocycles. The minimum atomic E-state index is -3.78. The van der Waals surface area contributed by atoms with Crippen LogP contribution in [0.4, 0.5) is 8.78 Å². The molecule has 0 spiro atoms. The van der Waals surface area contributed by atoms with Crippen molar-refractivity contribution < 1.29 is 49.8 Å². The van der Waals surface area contributed by atoms with E-state index >= 15 is 0 Å². The second-order valence-electron chi connectivity index (χ2n) is 14.5. The Morgan fingerprint density at radius 3 is 1.92 bits per heavy atom. The maximum atomic E-state index is 13.2. The number of aromatic nitrogens is 4. The quantitative estimate of drug-likeness (QED) is 0.0833. The first kappa shape index (κ1) is 45.3. The molecule has 8 rings (SSSR count). The Bertz CT molecular complexity index is 2860. The van der Waals surface area contributed by atoms with E-state index in [1.807, 2.05) is 22.8 Å². The maximum Gasteiger partial charge on any atom is 0.413 e. The molecule has 2 unspecified atom stereocenters. The normalized spacial score (nSPS) is 16.0. The standard InChI is InChI=1S/C20H20FN3O4S.C18H18FN3O2S.C4H6N2O2/c1-23(29(27,28)15-7-4-13(21)5-8-15)14-6-9-17-16(11-19(25)26)20-18(24(17)12-14)3-2-10-22-20;1-21(25(23,24)16-8-4-13(19)5-9-16)15-7-6-14-11-17-18(22(14)12-15)3-2-10-20-17;1-2-8-4(7)3-6-5/h2-5,7-8,10,14H,6,9,11-12H2,1H3,(H,25,26);2-5,8-11,15H,6-7,12H2,1H3;3H,2H2,1H3. The van der Waals surface area contributed by atoms with Crippen molar-refractivity contribution >= 4 is 60.3 Å². The Morgan fingerprint density at radius 1 is 0.839 bits per heavy atom.